The number of piperazine rings is 1. The largest absolute Gasteiger partial charge is 0.416 e. The summed E-state index contributed by atoms with van der Waals surface area (Å²) < 4.78 is 38.6. The van der Waals surface area contributed by atoms with E-state index in [2.05, 4.69) is 20.1 Å². The number of anilines is 2. The Balaban J connectivity index is 1.78. The van der Waals surface area contributed by atoms with E-state index in [1.165, 1.54) is 12.3 Å². The van der Waals surface area contributed by atoms with Crippen molar-refractivity contribution in [1.29, 1.82) is 0 Å². The van der Waals surface area contributed by atoms with Crippen LogP contribution >= 0.6 is 11.6 Å². The summed E-state index contributed by atoms with van der Waals surface area (Å²) in [6.45, 7) is 3.35. The lowest BCUT2D eigenvalue weighted by molar-refractivity contribution is -0.137. The van der Waals surface area contributed by atoms with Crippen molar-refractivity contribution < 1.29 is 18.0 Å². The fourth-order valence-corrected chi connectivity index (χ4v) is 2.92. The Morgan fingerprint density at radius 2 is 1.85 bits per heavy atom. The molecule has 0 bridgehead atoms. The maximum Gasteiger partial charge on any atom is 0.416 e. The molecule has 0 spiro atoms. The fourth-order valence-electron chi connectivity index (χ4n) is 2.76. The molecule has 0 atom stereocenters. The molecule has 1 saturated heterocycles. The van der Waals surface area contributed by atoms with Gasteiger partial charge in [-0.3, -0.25) is 4.79 Å². The summed E-state index contributed by atoms with van der Waals surface area (Å²) >= 11 is 5.94. The Kier molecular flexibility index (Phi) is 5.57. The Hall–Kier alpha value is -2.32. The number of pyridine rings is 1. The first-order valence-electron chi connectivity index (χ1n) is 8.31. The second-order valence-electron chi connectivity index (χ2n) is 6.34. The van der Waals surface area contributed by atoms with Crippen LogP contribution in [0.1, 0.15) is 15.9 Å². The van der Waals surface area contributed by atoms with Crippen molar-refractivity contribution in [1.82, 2.24) is 9.88 Å². The maximum absolute atomic E-state index is 12.9. The van der Waals surface area contributed by atoms with Crippen LogP contribution in [0.4, 0.5) is 24.7 Å². The van der Waals surface area contributed by atoms with E-state index in [9.17, 15) is 18.0 Å². The van der Waals surface area contributed by atoms with Gasteiger partial charge < -0.3 is 15.1 Å². The number of carbonyl (C=O) groups excluding carboxylic acids is 1. The summed E-state index contributed by atoms with van der Waals surface area (Å²) in [6, 6.07) is 5.94. The molecule has 1 aliphatic rings. The molecule has 1 amide bonds. The van der Waals surface area contributed by atoms with Crippen LogP contribution in [0.25, 0.3) is 0 Å². The van der Waals surface area contributed by atoms with Crippen LogP contribution in [0.2, 0.25) is 5.02 Å². The first-order valence-corrected chi connectivity index (χ1v) is 8.69. The predicted molar refractivity (Wildman–Crippen MR) is 98.4 cm³/mol. The third-order valence-corrected chi connectivity index (χ3v) is 4.71. The molecule has 1 fully saturated rings. The predicted octanol–water partition coefficient (Wildman–Crippen LogP) is 3.76. The molecule has 0 unspecified atom stereocenters. The summed E-state index contributed by atoms with van der Waals surface area (Å²) in [4.78, 5) is 21.1. The molecule has 27 heavy (non-hydrogen) atoms. The molecule has 2 aromatic rings. The van der Waals surface area contributed by atoms with Gasteiger partial charge >= 0.3 is 6.18 Å². The number of amides is 1. The SMILES string of the molecule is CN1CCN(c2cc(C(=O)Nc3cc(C(F)(F)F)ccc3Cl)ccn2)CC1. The van der Waals surface area contributed by atoms with Crippen molar-refractivity contribution in [3.63, 3.8) is 0 Å². The van der Waals surface area contributed by atoms with E-state index >= 15 is 0 Å². The van der Waals surface area contributed by atoms with Gasteiger partial charge in [-0.25, -0.2) is 4.98 Å². The Morgan fingerprint density at radius 3 is 2.52 bits per heavy atom. The number of likely N-dealkylation sites (N-methyl/N-ethyl adjacent to an activating group) is 1. The number of benzene rings is 1. The van der Waals surface area contributed by atoms with Crippen LogP contribution in [0, 0.1) is 0 Å². The van der Waals surface area contributed by atoms with E-state index < -0.39 is 17.6 Å². The minimum atomic E-state index is -4.52. The van der Waals surface area contributed by atoms with Gasteiger partial charge in [0, 0.05) is 37.9 Å². The van der Waals surface area contributed by atoms with Gasteiger partial charge in [-0.2, -0.15) is 13.2 Å². The minimum absolute atomic E-state index is 0.0321. The quantitative estimate of drug-likeness (QED) is 0.855. The summed E-state index contributed by atoms with van der Waals surface area (Å²) in [5.74, 6) is 0.111. The van der Waals surface area contributed by atoms with Crippen LogP contribution in [0.3, 0.4) is 0 Å². The first kappa shape index (κ1) is 19.4. The lowest BCUT2D eigenvalue weighted by atomic mass is 10.1. The number of hydrogen-bond acceptors (Lipinski definition) is 4. The van der Waals surface area contributed by atoms with Crippen molar-refractivity contribution >= 4 is 29.0 Å². The summed E-state index contributed by atoms with van der Waals surface area (Å²) in [5.41, 5.74) is -0.670. The monoisotopic (exact) mass is 398 g/mol. The van der Waals surface area contributed by atoms with E-state index in [-0.39, 0.29) is 10.7 Å². The first-order chi connectivity index (χ1) is 12.7. The smallest absolute Gasteiger partial charge is 0.354 e. The third-order valence-electron chi connectivity index (χ3n) is 4.38. The molecule has 0 saturated carbocycles. The van der Waals surface area contributed by atoms with Gasteiger partial charge in [0.15, 0.2) is 0 Å². The topological polar surface area (TPSA) is 48.5 Å². The molecule has 3 rings (SSSR count). The average Bonchev–Trinajstić information content (AvgIpc) is 2.63. The van der Waals surface area contributed by atoms with Crippen molar-refractivity contribution in [2.24, 2.45) is 0 Å². The van der Waals surface area contributed by atoms with Gasteiger partial charge in [0.2, 0.25) is 0 Å². The maximum atomic E-state index is 12.9. The number of nitrogens with zero attached hydrogens (tertiary/aromatic N) is 3. The number of nitrogens with one attached hydrogen (secondary N) is 1. The zero-order valence-electron chi connectivity index (χ0n) is 14.6. The van der Waals surface area contributed by atoms with Crippen LogP contribution in [-0.4, -0.2) is 49.0 Å². The molecule has 2 heterocycles. The molecule has 5 nitrogen and oxygen atoms in total. The number of rotatable bonds is 3. The van der Waals surface area contributed by atoms with E-state index in [1.807, 2.05) is 7.05 Å². The van der Waals surface area contributed by atoms with E-state index in [0.29, 0.717) is 11.4 Å². The molecular formula is C18H18ClF3N4O. The molecule has 1 N–H and O–H groups in total. The van der Waals surface area contributed by atoms with Crippen LogP contribution in [0.15, 0.2) is 36.5 Å². The van der Waals surface area contributed by atoms with Gasteiger partial charge in [0.1, 0.15) is 5.82 Å². The van der Waals surface area contributed by atoms with Crippen LogP contribution < -0.4 is 10.2 Å². The lowest BCUT2D eigenvalue weighted by Crippen LogP contribution is -2.44. The molecule has 1 aromatic heterocycles. The Labute approximate surface area is 159 Å². The summed E-state index contributed by atoms with van der Waals surface area (Å²) in [7, 11) is 2.04. The van der Waals surface area contributed by atoms with Gasteiger partial charge in [0.25, 0.3) is 5.91 Å². The van der Waals surface area contributed by atoms with E-state index in [0.717, 1.165) is 44.4 Å². The molecule has 0 aliphatic carbocycles. The minimum Gasteiger partial charge on any atom is -0.354 e. The summed E-state index contributed by atoms with van der Waals surface area (Å²) in [5, 5.41) is 2.48. The third kappa shape index (κ3) is 4.70. The van der Waals surface area contributed by atoms with Gasteiger partial charge in [0.05, 0.1) is 16.3 Å². The van der Waals surface area contributed by atoms with Gasteiger partial charge in [-0.1, -0.05) is 11.6 Å². The van der Waals surface area contributed by atoms with Crippen LogP contribution in [-0.2, 0) is 6.18 Å². The number of aromatic nitrogens is 1. The second kappa shape index (κ2) is 7.74. The Bertz CT molecular complexity index is 836. The van der Waals surface area contributed by atoms with Gasteiger partial charge in [-0.15, -0.1) is 0 Å². The molecule has 9 heteroatoms. The number of hydrogen-bond donors (Lipinski definition) is 1. The van der Waals surface area contributed by atoms with Crippen molar-refractivity contribution in [3.8, 4) is 0 Å². The second-order valence-corrected chi connectivity index (χ2v) is 6.75. The van der Waals surface area contributed by atoms with Gasteiger partial charge in [-0.05, 0) is 37.4 Å². The van der Waals surface area contributed by atoms with Crippen molar-refractivity contribution in [2.75, 3.05) is 43.4 Å². The normalized spacial score (nSPS) is 15.7. The molecule has 1 aromatic carbocycles. The fraction of sp³-hybridized carbons (Fsp3) is 0.333. The Morgan fingerprint density at radius 1 is 1.15 bits per heavy atom. The highest BCUT2D eigenvalue weighted by atomic mass is 35.5. The highest BCUT2D eigenvalue weighted by molar-refractivity contribution is 6.34. The molecule has 0 radical (unpaired) electrons. The molecular weight excluding hydrogens is 381 g/mol. The zero-order chi connectivity index (χ0) is 19.6. The van der Waals surface area contributed by atoms with E-state index in [1.54, 1.807) is 6.07 Å². The van der Waals surface area contributed by atoms with Crippen molar-refractivity contribution in [2.45, 2.75) is 6.18 Å². The van der Waals surface area contributed by atoms with Crippen LogP contribution in [0.5, 0.6) is 0 Å². The highest BCUT2D eigenvalue weighted by Crippen LogP contribution is 2.34. The average molecular weight is 399 g/mol. The highest BCUT2D eigenvalue weighted by Gasteiger charge is 2.31. The summed E-state index contributed by atoms with van der Waals surface area (Å²) in [6.07, 6.45) is -3.01. The zero-order valence-corrected chi connectivity index (χ0v) is 15.3. The number of alkyl halides is 3. The molecule has 1 aliphatic heterocycles. The van der Waals surface area contributed by atoms with E-state index in [4.69, 9.17) is 11.6 Å². The number of carbonyl (C=O) groups is 1. The number of halogens is 4. The van der Waals surface area contributed by atoms with Crippen molar-refractivity contribution in [3.05, 3.63) is 52.7 Å². The lowest BCUT2D eigenvalue weighted by Gasteiger charge is -2.33. The standard InChI is InChI=1S/C18H18ClF3N4O/c1-25-6-8-26(9-7-25)16-10-12(4-5-23-16)17(27)24-15-11-13(18(20,21)22)2-3-14(15)19/h2-5,10-11H,6-9H2,1H3,(H,24,27). The molecule has 144 valence electrons.